The number of nitrogens with one attached hydrogen (secondary N) is 1. The van der Waals surface area contributed by atoms with Gasteiger partial charge in [-0.2, -0.15) is 0 Å². The van der Waals surface area contributed by atoms with Gasteiger partial charge >= 0.3 is 5.97 Å². The Morgan fingerprint density at radius 3 is 1.46 bits per heavy atom. The molecule has 0 aromatic rings. The SMILES string of the molecule is CC/C=C\C/C=C\C/C=C\C/C=C\C/C=C\CC(CC(=O)NC(CO)C(O)CCCCCCCCCCCCCCCCCC)OC(=O)CCCCCCC\C=C/C=C/C=C/CC. The van der Waals surface area contributed by atoms with Crippen LogP contribution in [0.25, 0.3) is 0 Å². The third-order valence-electron chi connectivity index (χ3n) is 11.2. The van der Waals surface area contributed by atoms with Crippen LogP contribution in [0.5, 0.6) is 0 Å². The first-order valence-electron chi connectivity index (χ1n) is 26.0. The summed E-state index contributed by atoms with van der Waals surface area (Å²) in [5.74, 6) is -0.610. The molecule has 3 N–H and O–H groups in total. The van der Waals surface area contributed by atoms with E-state index in [9.17, 15) is 19.8 Å². The summed E-state index contributed by atoms with van der Waals surface area (Å²) >= 11 is 0. The van der Waals surface area contributed by atoms with Gasteiger partial charge in [0.25, 0.3) is 0 Å². The lowest BCUT2D eigenvalue weighted by Gasteiger charge is -2.24. The molecule has 0 fully saturated rings. The maximum atomic E-state index is 13.2. The van der Waals surface area contributed by atoms with Gasteiger partial charge in [-0.25, -0.2) is 0 Å². The van der Waals surface area contributed by atoms with Gasteiger partial charge in [0, 0.05) is 12.8 Å². The number of esters is 1. The standard InChI is InChI=1S/C57H97NO5/c1-4-7-10-13-16-19-22-25-27-29-32-34-37-40-43-46-49-55(60)54(52-59)58-56(61)51-53(48-45-42-39-36-33-31-28-26-23-20-17-14-11-8-5-2)63-57(62)50-47-44-41-38-35-30-24-21-18-15-12-9-6-3/h8-9,11-12,15,17-18,20-21,24,26,28,33,36,42,45,53-55,59-60H,4-7,10,13-14,16,19,22-23,25,27,29-32,34-35,37-41,43-44,46-52H2,1-3H3,(H,58,61)/b11-8-,12-9+,18-15+,20-17-,24-21-,28-26-,36-33-,45-42-. The van der Waals surface area contributed by atoms with Crippen LogP contribution < -0.4 is 5.32 Å². The summed E-state index contributed by atoms with van der Waals surface area (Å²) in [5.41, 5.74) is 0. The van der Waals surface area contributed by atoms with Crippen LogP contribution in [0.15, 0.2) is 97.2 Å². The summed E-state index contributed by atoms with van der Waals surface area (Å²) in [7, 11) is 0. The van der Waals surface area contributed by atoms with Crippen molar-refractivity contribution in [3.8, 4) is 0 Å². The van der Waals surface area contributed by atoms with Crippen LogP contribution in [0.1, 0.15) is 226 Å². The number of hydrogen-bond acceptors (Lipinski definition) is 5. The van der Waals surface area contributed by atoms with Crippen molar-refractivity contribution in [2.24, 2.45) is 0 Å². The van der Waals surface area contributed by atoms with Crippen LogP contribution in [0, 0.1) is 0 Å². The number of carbonyl (C=O) groups is 2. The van der Waals surface area contributed by atoms with Crippen molar-refractivity contribution in [2.75, 3.05) is 6.61 Å². The first kappa shape index (κ1) is 59.8. The van der Waals surface area contributed by atoms with Gasteiger partial charge in [-0.1, -0.05) is 240 Å². The number of aliphatic hydroxyl groups excluding tert-OH is 2. The summed E-state index contributed by atoms with van der Waals surface area (Å²) in [6.45, 7) is 6.20. The lowest BCUT2D eigenvalue weighted by molar-refractivity contribution is -0.150. The maximum absolute atomic E-state index is 13.2. The lowest BCUT2D eigenvalue weighted by Crippen LogP contribution is -2.46. The predicted octanol–water partition coefficient (Wildman–Crippen LogP) is 15.7. The van der Waals surface area contributed by atoms with E-state index in [0.717, 1.165) is 96.3 Å². The molecule has 0 aliphatic heterocycles. The van der Waals surface area contributed by atoms with Crippen LogP contribution in [0.3, 0.4) is 0 Å². The number of aliphatic hydroxyl groups is 2. The Labute approximate surface area is 388 Å². The lowest BCUT2D eigenvalue weighted by atomic mass is 10.0. The zero-order chi connectivity index (χ0) is 45.9. The Morgan fingerprint density at radius 1 is 0.508 bits per heavy atom. The van der Waals surface area contributed by atoms with Crippen LogP contribution in [-0.2, 0) is 14.3 Å². The Morgan fingerprint density at radius 2 is 0.952 bits per heavy atom. The van der Waals surface area contributed by atoms with Gasteiger partial charge in [0.2, 0.25) is 5.91 Å². The zero-order valence-corrected chi connectivity index (χ0v) is 40.9. The Hall–Kier alpha value is -3.22. The second kappa shape index (κ2) is 49.8. The fraction of sp³-hybridized carbons (Fsp3) is 0.684. The second-order valence-electron chi connectivity index (χ2n) is 17.2. The van der Waals surface area contributed by atoms with Gasteiger partial charge in [0.1, 0.15) is 6.10 Å². The van der Waals surface area contributed by atoms with E-state index in [1.54, 1.807) is 0 Å². The van der Waals surface area contributed by atoms with Crippen LogP contribution in [-0.4, -0.2) is 46.9 Å². The van der Waals surface area contributed by atoms with Gasteiger partial charge < -0.3 is 20.3 Å². The fourth-order valence-electron chi connectivity index (χ4n) is 7.34. The van der Waals surface area contributed by atoms with E-state index in [1.807, 2.05) is 12.2 Å². The summed E-state index contributed by atoms with van der Waals surface area (Å²) in [6.07, 6.45) is 66.3. The molecule has 0 saturated heterocycles. The van der Waals surface area contributed by atoms with Crippen molar-refractivity contribution in [3.05, 3.63) is 97.2 Å². The maximum Gasteiger partial charge on any atom is 0.306 e. The van der Waals surface area contributed by atoms with E-state index in [4.69, 9.17) is 4.74 Å². The molecular formula is C57H97NO5. The normalized spacial score (nSPS) is 14.0. The summed E-state index contributed by atoms with van der Waals surface area (Å²) in [4.78, 5) is 26.1. The minimum absolute atomic E-state index is 0.0140. The van der Waals surface area contributed by atoms with Crippen molar-refractivity contribution in [3.63, 3.8) is 0 Å². The highest BCUT2D eigenvalue weighted by Gasteiger charge is 2.23. The zero-order valence-electron chi connectivity index (χ0n) is 40.9. The molecule has 0 heterocycles. The molecule has 1 amide bonds. The highest BCUT2D eigenvalue weighted by molar-refractivity contribution is 5.77. The monoisotopic (exact) mass is 876 g/mol. The van der Waals surface area contributed by atoms with E-state index >= 15 is 0 Å². The molecular weight excluding hydrogens is 779 g/mol. The molecule has 3 unspecified atom stereocenters. The van der Waals surface area contributed by atoms with E-state index in [-0.39, 0.29) is 24.9 Å². The molecule has 0 spiro atoms. The smallest absolute Gasteiger partial charge is 0.306 e. The molecule has 63 heavy (non-hydrogen) atoms. The molecule has 6 heteroatoms. The number of ether oxygens (including phenoxy) is 1. The number of rotatable bonds is 45. The molecule has 0 aliphatic carbocycles. The average Bonchev–Trinajstić information content (AvgIpc) is 3.28. The molecule has 0 aromatic carbocycles. The fourth-order valence-corrected chi connectivity index (χ4v) is 7.34. The van der Waals surface area contributed by atoms with Crippen molar-refractivity contribution >= 4 is 11.9 Å². The summed E-state index contributed by atoms with van der Waals surface area (Å²) in [6, 6.07) is -0.742. The largest absolute Gasteiger partial charge is 0.461 e. The molecule has 0 radical (unpaired) electrons. The Balaban J connectivity index is 4.72. The Kier molecular flexibility index (Phi) is 47.2. The van der Waals surface area contributed by atoms with Crippen LogP contribution >= 0.6 is 0 Å². The van der Waals surface area contributed by atoms with Gasteiger partial charge in [-0.15, -0.1) is 0 Å². The molecule has 0 aromatic heterocycles. The highest BCUT2D eigenvalue weighted by atomic mass is 16.5. The number of unbranched alkanes of at least 4 members (excludes halogenated alkanes) is 20. The molecule has 3 atom stereocenters. The van der Waals surface area contributed by atoms with Gasteiger partial charge in [0.15, 0.2) is 0 Å². The minimum Gasteiger partial charge on any atom is -0.461 e. The Bertz CT molecular complexity index is 1260. The number of carbonyl (C=O) groups excluding carboxylic acids is 2. The third-order valence-corrected chi connectivity index (χ3v) is 11.2. The molecule has 0 saturated carbocycles. The highest BCUT2D eigenvalue weighted by Crippen LogP contribution is 2.16. The van der Waals surface area contributed by atoms with Crippen molar-refractivity contribution in [1.29, 1.82) is 0 Å². The van der Waals surface area contributed by atoms with Gasteiger partial charge in [-0.3, -0.25) is 9.59 Å². The summed E-state index contributed by atoms with van der Waals surface area (Å²) < 4.78 is 5.85. The number of allylic oxidation sites excluding steroid dienone is 15. The van der Waals surface area contributed by atoms with Crippen LogP contribution in [0.2, 0.25) is 0 Å². The number of hydrogen-bond donors (Lipinski definition) is 3. The van der Waals surface area contributed by atoms with Crippen molar-refractivity contribution in [2.45, 2.75) is 244 Å². The quantitative estimate of drug-likeness (QED) is 0.0245. The summed E-state index contributed by atoms with van der Waals surface area (Å²) in [5, 5.41) is 23.8. The first-order chi connectivity index (χ1) is 31.0. The van der Waals surface area contributed by atoms with Gasteiger partial charge in [-0.05, 0) is 64.2 Å². The molecule has 0 aliphatic rings. The van der Waals surface area contributed by atoms with Gasteiger partial charge in [0.05, 0.1) is 25.2 Å². The van der Waals surface area contributed by atoms with E-state index in [0.29, 0.717) is 19.3 Å². The molecule has 0 bridgehead atoms. The minimum atomic E-state index is -0.821. The predicted molar refractivity (Wildman–Crippen MR) is 273 cm³/mol. The average molecular weight is 876 g/mol. The van der Waals surface area contributed by atoms with Crippen LogP contribution in [0.4, 0.5) is 0 Å². The van der Waals surface area contributed by atoms with E-state index in [2.05, 4.69) is 111 Å². The molecule has 0 rings (SSSR count). The molecule has 360 valence electrons. The first-order valence-corrected chi connectivity index (χ1v) is 26.0. The van der Waals surface area contributed by atoms with E-state index < -0.39 is 18.2 Å². The number of amides is 1. The second-order valence-corrected chi connectivity index (χ2v) is 17.2. The van der Waals surface area contributed by atoms with Crippen molar-refractivity contribution in [1.82, 2.24) is 5.32 Å². The third kappa shape index (κ3) is 45.2. The topological polar surface area (TPSA) is 95.9 Å². The van der Waals surface area contributed by atoms with E-state index in [1.165, 1.54) is 83.5 Å². The molecule has 6 nitrogen and oxygen atoms in total. The van der Waals surface area contributed by atoms with Crippen molar-refractivity contribution < 1.29 is 24.5 Å².